The summed E-state index contributed by atoms with van der Waals surface area (Å²) in [6.07, 6.45) is 8.74. The zero-order chi connectivity index (χ0) is 17.3. The predicted octanol–water partition coefficient (Wildman–Crippen LogP) is 5.62. The fraction of sp³-hybridized carbons (Fsp3) is 0.238. The predicted molar refractivity (Wildman–Crippen MR) is 107 cm³/mol. The lowest BCUT2D eigenvalue weighted by molar-refractivity contribution is 0.724. The second-order valence-corrected chi connectivity index (χ2v) is 6.06. The molecule has 4 nitrogen and oxygen atoms in total. The lowest BCUT2D eigenvalue weighted by atomic mass is 10.1. The number of hydrogen-bond acceptors (Lipinski definition) is 3. The molecule has 0 amide bonds. The Morgan fingerprint density at radius 2 is 1.88 bits per heavy atom. The first-order valence-electron chi connectivity index (χ1n) is 8.84. The maximum absolute atomic E-state index is 4.47. The average Bonchev–Trinajstić information content (AvgIpc) is 3.05. The number of fused-ring (bicyclic) bond motifs is 1. The molecule has 0 saturated carbocycles. The SMILES string of the molecule is CCCCCC(/C=N\Nc1nc2ccccc2[nH]1)=C\c1ccccc1. The summed E-state index contributed by atoms with van der Waals surface area (Å²) in [5.41, 5.74) is 7.35. The summed E-state index contributed by atoms with van der Waals surface area (Å²) in [5.74, 6) is 0.657. The number of allylic oxidation sites excluding steroid dienone is 1. The van der Waals surface area contributed by atoms with Crippen molar-refractivity contribution in [2.24, 2.45) is 5.10 Å². The first kappa shape index (κ1) is 17.0. The van der Waals surface area contributed by atoms with E-state index in [1.165, 1.54) is 30.4 Å². The van der Waals surface area contributed by atoms with Crippen LogP contribution in [0.2, 0.25) is 0 Å². The van der Waals surface area contributed by atoms with Crippen LogP contribution in [0.5, 0.6) is 0 Å². The Hall–Kier alpha value is -2.88. The smallest absolute Gasteiger partial charge is 0.222 e. The van der Waals surface area contributed by atoms with Crippen molar-refractivity contribution >= 4 is 29.3 Å². The average molecular weight is 332 g/mol. The number of unbranched alkanes of at least 4 members (excludes halogenated alkanes) is 2. The fourth-order valence-electron chi connectivity index (χ4n) is 2.70. The molecule has 128 valence electrons. The normalized spacial score (nSPS) is 12.1. The summed E-state index contributed by atoms with van der Waals surface area (Å²) in [4.78, 5) is 7.68. The van der Waals surface area contributed by atoms with E-state index in [0.717, 1.165) is 17.5 Å². The van der Waals surface area contributed by atoms with Crippen molar-refractivity contribution in [1.82, 2.24) is 9.97 Å². The van der Waals surface area contributed by atoms with Crippen molar-refractivity contribution in [2.75, 3.05) is 5.43 Å². The largest absolute Gasteiger partial charge is 0.323 e. The highest BCUT2D eigenvalue weighted by molar-refractivity contribution is 5.86. The molecule has 4 heteroatoms. The van der Waals surface area contributed by atoms with E-state index in [2.05, 4.69) is 57.8 Å². The molecule has 25 heavy (non-hydrogen) atoms. The van der Waals surface area contributed by atoms with Crippen LogP contribution in [0.25, 0.3) is 17.1 Å². The van der Waals surface area contributed by atoms with Crippen LogP contribution in [-0.4, -0.2) is 16.2 Å². The Morgan fingerprint density at radius 3 is 2.68 bits per heavy atom. The first-order valence-corrected chi connectivity index (χ1v) is 8.84. The minimum absolute atomic E-state index is 0.657. The number of para-hydroxylation sites is 2. The van der Waals surface area contributed by atoms with Crippen molar-refractivity contribution in [3.05, 3.63) is 65.7 Å². The Labute approximate surface area is 148 Å². The van der Waals surface area contributed by atoms with Crippen molar-refractivity contribution in [1.29, 1.82) is 0 Å². The molecule has 2 aromatic carbocycles. The van der Waals surface area contributed by atoms with Gasteiger partial charge in [-0.1, -0.05) is 68.3 Å². The van der Waals surface area contributed by atoms with Crippen LogP contribution in [0.3, 0.4) is 0 Å². The topological polar surface area (TPSA) is 53.1 Å². The summed E-state index contributed by atoms with van der Waals surface area (Å²) in [5, 5.41) is 4.38. The van der Waals surface area contributed by atoms with Gasteiger partial charge in [-0.25, -0.2) is 10.4 Å². The standard InChI is InChI=1S/C21H24N4/c1-2-3-5-12-18(15-17-10-6-4-7-11-17)16-22-25-21-23-19-13-8-9-14-20(19)24-21/h4,6-11,13-16H,2-3,5,12H2,1H3,(H2,23,24,25)/b18-15+,22-16-. The lowest BCUT2D eigenvalue weighted by Crippen LogP contribution is -1.94. The third-order valence-electron chi connectivity index (χ3n) is 4.01. The van der Waals surface area contributed by atoms with E-state index in [9.17, 15) is 0 Å². The quantitative estimate of drug-likeness (QED) is 0.319. The number of anilines is 1. The van der Waals surface area contributed by atoms with E-state index < -0.39 is 0 Å². The highest BCUT2D eigenvalue weighted by Gasteiger charge is 2.00. The summed E-state index contributed by atoms with van der Waals surface area (Å²) in [7, 11) is 0. The molecule has 1 aromatic heterocycles. The summed E-state index contributed by atoms with van der Waals surface area (Å²) in [6.45, 7) is 2.22. The second kappa shape index (κ2) is 8.83. The molecular weight excluding hydrogens is 308 g/mol. The van der Waals surface area contributed by atoms with Gasteiger partial charge < -0.3 is 4.98 Å². The number of rotatable bonds is 8. The summed E-state index contributed by atoms with van der Waals surface area (Å²) < 4.78 is 0. The van der Waals surface area contributed by atoms with Gasteiger partial charge in [0, 0.05) is 0 Å². The third kappa shape index (κ3) is 5.05. The van der Waals surface area contributed by atoms with E-state index in [0.29, 0.717) is 5.95 Å². The molecule has 0 atom stereocenters. The van der Waals surface area contributed by atoms with Crippen molar-refractivity contribution in [2.45, 2.75) is 32.6 Å². The number of benzene rings is 2. The monoisotopic (exact) mass is 332 g/mol. The molecule has 0 saturated heterocycles. The minimum Gasteiger partial charge on any atom is -0.323 e. The van der Waals surface area contributed by atoms with Gasteiger partial charge in [-0.2, -0.15) is 5.10 Å². The number of nitrogens with zero attached hydrogens (tertiary/aromatic N) is 2. The van der Waals surface area contributed by atoms with Crippen LogP contribution >= 0.6 is 0 Å². The molecule has 0 aliphatic heterocycles. The maximum atomic E-state index is 4.47. The van der Waals surface area contributed by atoms with Gasteiger partial charge in [-0.3, -0.25) is 0 Å². The lowest BCUT2D eigenvalue weighted by Gasteiger charge is -2.02. The number of imidazole rings is 1. The highest BCUT2D eigenvalue weighted by Crippen LogP contribution is 2.14. The number of nitrogens with one attached hydrogen (secondary N) is 2. The van der Waals surface area contributed by atoms with E-state index in [1.807, 2.05) is 36.5 Å². The minimum atomic E-state index is 0.657. The number of H-pyrrole nitrogens is 1. The molecule has 3 rings (SSSR count). The molecule has 0 radical (unpaired) electrons. The molecule has 1 heterocycles. The molecule has 0 spiro atoms. The van der Waals surface area contributed by atoms with Crippen LogP contribution in [0.15, 0.2) is 65.3 Å². The summed E-state index contributed by atoms with van der Waals surface area (Å²) in [6, 6.07) is 18.3. The Bertz CT molecular complexity index is 813. The van der Waals surface area contributed by atoms with E-state index >= 15 is 0 Å². The van der Waals surface area contributed by atoms with Crippen LogP contribution in [0, 0.1) is 0 Å². The number of aromatic amines is 1. The number of hydrazone groups is 1. The van der Waals surface area contributed by atoms with Crippen LogP contribution in [-0.2, 0) is 0 Å². The van der Waals surface area contributed by atoms with E-state index in [1.54, 1.807) is 0 Å². The number of aromatic nitrogens is 2. The van der Waals surface area contributed by atoms with Gasteiger partial charge >= 0.3 is 0 Å². The van der Waals surface area contributed by atoms with Gasteiger partial charge in [-0.15, -0.1) is 0 Å². The van der Waals surface area contributed by atoms with Gasteiger partial charge in [0.15, 0.2) is 0 Å². The first-order chi connectivity index (χ1) is 12.3. The van der Waals surface area contributed by atoms with Crippen molar-refractivity contribution in [3.8, 4) is 0 Å². The Balaban J connectivity index is 1.69. The molecule has 2 N–H and O–H groups in total. The molecule has 0 fully saturated rings. The Morgan fingerprint density at radius 1 is 1.08 bits per heavy atom. The van der Waals surface area contributed by atoms with Gasteiger partial charge in [0.05, 0.1) is 17.2 Å². The van der Waals surface area contributed by atoms with Crippen LogP contribution in [0.4, 0.5) is 5.95 Å². The molecule has 0 aliphatic carbocycles. The Kier molecular flexibility index (Phi) is 5.99. The maximum Gasteiger partial charge on any atom is 0.222 e. The van der Waals surface area contributed by atoms with Gasteiger partial charge in [0.1, 0.15) is 0 Å². The molecule has 0 unspecified atom stereocenters. The fourth-order valence-corrected chi connectivity index (χ4v) is 2.70. The van der Waals surface area contributed by atoms with E-state index in [-0.39, 0.29) is 0 Å². The van der Waals surface area contributed by atoms with E-state index in [4.69, 9.17) is 0 Å². The second-order valence-electron chi connectivity index (χ2n) is 6.06. The zero-order valence-electron chi connectivity index (χ0n) is 14.6. The van der Waals surface area contributed by atoms with Crippen LogP contribution in [0.1, 0.15) is 38.2 Å². The van der Waals surface area contributed by atoms with Gasteiger partial charge in [0.25, 0.3) is 0 Å². The number of hydrogen-bond donors (Lipinski definition) is 2. The summed E-state index contributed by atoms with van der Waals surface area (Å²) >= 11 is 0. The molecule has 0 bridgehead atoms. The van der Waals surface area contributed by atoms with Gasteiger partial charge in [0.2, 0.25) is 5.95 Å². The van der Waals surface area contributed by atoms with Crippen molar-refractivity contribution in [3.63, 3.8) is 0 Å². The molecule has 0 aliphatic rings. The highest BCUT2D eigenvalue weighted by atomic mass is 15.3. The van der Waals surface area contributed by atoms with Crippen LogP contribution < -0.4 is 5.43 Å². The molecular formula is C21H24N4. The zero-order valence-corrected chi connectivity index (χ0v) is 14.6. The third-order valence-corrected chi connectivity index (χ3v) is 4.01. The van der Waals surface area contributed by atoms with Crippen molar-refractivity contribution < 1.29 is 0 Å². The molecule has 3 aromatic rings. The van der Waals surface area contributed by atoms with Gasteiger partial charge in [-0.05, 0) is 36.1 Å².